The lowest BCUT2D eigenvalue weighted by Crippen LogP contribution is -2.39. The molecule has 0 aromatic heterocycles. The van der Waals surface area contributed by atoms with Gasteiger partial charge in [-0.15, -0.1) is 0 Å². The summed E-state index contributed by atoms with van der Waals surface area (Å²) in [7, 11) is 0. The van der Waals surface area contributed by atoms with Crippen molar-refractivity contribution >= 4 is 5.97 Å². The maximum absolute atomic E-state index is 11.1. The van der Waals surface area contributed by atoms with Crippen LogP contribution in [-0.2, 0) is 4.79 Å². The zero-order valence-electron chi connectivity index (χ0n) is 9.51. The number of allylic oxidation sites excluding steroid dienone is 2. The second-order valence-corrected chi connectivity index (χ2v) is 5.53. The molecular weight excluding hydrogens is 202 g/mol. The van der Waals surface area contributed by atoms with Gasteiger partial charge >= 0.3 is 5.97 Å². The van der Waals surface area contributed by atoms with Crippen LogP contribution in [0.4, 0.5) is 0 Å². The zero-order chi connectivity index (χ0) is 11.1. The van der Waals surface area contributed by atoms with Crippen molar-refractivity contribution in [2.75, 3.05) is 13.1 Å². The zero-order valence-corrected chi connectivity index (χ0v) is 9.51. The number of aliphatic carboxylic acids is 1. The van der Waals surface area contributed by atoms with Gasteiger partial charge in [0, 0.05) is 6.54 Å². The Kier molecular flexibility index (Phi) is 2.51. The highest BCUT2D eigenvalue weighted by Gasteiger charge is 2.39. The van der Waals surface area contributed by atoms with Gasteiger partial charge in [0.05, 0.1) is 0 Å². The predicted molar refractivity (Wildman–Crippen MR) is 61.1 cm³/mol. The summed E-state index contributed by atoms with van der Waals surface area (Å²) in [6, 6.07) is -0.205. The monoisotopic (exact) mass is 221 g/mol. The molecule has 2 bridgehead atoms. The lowest BCUT2D eigenvalue weighted by molar-refractivity contribution is -0.142. The summed E-state index contributed by atoms with van der Waals surface area (Å²) in [6.45, 7) is 1.98. The van der Waals surface area contributed by atoms with Gasteiger partial charge in [-0.2, -0.15) is 0 Å². The van der Waals surface area contributed by atoms with Crippen molar-refractivity contribution in [3.8, 4) is 0 Å². The summed E-state index contributed by atoms with van der Waals surface area (Å²) in [5, 5.41) is 9.13. The van der Waals surface area contributed by atoms with Crippen LogP contribution in [0.15, 0.2) is 12.2 Å². The highest BCUT2D eigenvalue weighted by Crippen LogP contribution is 2.44. The lowest BCUT2D eigenvalue weighted by atomic mass is 9.93. The number of hydrogen-bond donors (Lipinski definition) is 1. The Balaban J connectivity index is 1.62. The molecule has 1 saturated carbocycles. The van der Waals surface area contributed by atoms with Crippen LogP contribution in [0, 0.1) is 17.8 Å². The fourth-order valence-electron chi connectivity index (χ4n) is 3.73. The van der Waals surface area contributed by atoms with Crippen molar-refractivity contribution in [3.63, 3.8) is 0 Å². The third-order valence-electron chi connectivity index (χ3n) is 4.53. The predicted octanol–water partition coefficient (Wildman–Crippen LogP) is 1.75. The fourth-order valence-corrected chi connectivity index (χ4v) is 3.73. The Labute approximate surface area is 96.1 Å². The van der Waals surface area contributed by atoms with Crippen LogP contribution in [-0.4, -0.2) is 35.1 Å². The molecule has 1 N–H and O–H groups in total. The van der Waals surface area contributed by atoms with Gasteiger partial charge in [0.25, 0.3) is 0 Å². The van der Waals surface area contributed by atoms with E-state index in [0.717, 1.165) is 43.7 Å². The Hall–Kier alpha value is -0.830. The maximum atomic E-state index is 11.1. The number of carboxylic acids is 1. The van der Waals surface area contributed by atoms with Crippen LogP contribution in [0.25, 0.3) is 0 Å². The highest BCUT2D eigenvalue weighted by molar-refractivity contribution is 5.73. The number of fused-ring (bicyclic) bond motifs is 2. The first-order valence-electron chi connectivity index (χ1n) is 6.39. The molecule has 0 aromatic carbocycles. The van der Waals surface area contributed by atoms with E-state index in [-0.39, 0.29) is 6.04 Å². The van der Waals surface area contributed by atoms with Crippen molar-refractivity contribution in [1.29, 1.82) is 0 Å². The van der Waals surface area contributed by atoms with Gasteiger partial charge in [0.2, 0.25) is 0 Å². The van der Waals surface area contributed by atoms with Crippen molar-refractivity contribution < 1.29 is 9.90 Å². The first-order chi connectivity index (χ1) is 7.74. The molecule has 3 nitrogen and oxygen atoms in total. The molecule has 3 heteroatoms. The Morgan fingerprint density at radius 1 is 1.38 bits per heavy atom. The molecule has 3 unspecified atom stereocenters. The Bertz CT molecular complexity index is 326. The first kappa shape index (κ1) is 10.3. The quantitative estimate of drug-likeness (QED) is 0.738. The van der Waals surface area contributed by atoms with Gasteiger partial charge in [-0.05, 0) is 50.0 Å². The lowest BCUT2D eigenvalue weighted by Gasteiger charge is -2.27. The van der Waals surface area contributed by atoms with Crippen molar-refractivity contribution in [3.05, 3.63) is 12.2 Å². The van der Waals surface area contributed by atoms with E-state index >= 15 is 0 Å². The van der Waals surface area contributed by atoms with E-state index < -0.39 is 5.97 Å². The summed E-state index contributed by atoms with van der Waals surface area (Å²) < 4.78 is 0. The third kappa shape index (κ3) is 1.67. The smallest absolute Gasteiger partial charge is 0.320 e. The summed E-state index contributed by atoms with van der Waals surface area (Å²) in [5.74, 6) is 1.62. The molecule has 1 aliphatic heterocycles. The second kappa shape index (κ2) is 3.88. The first-order valence-corrected chi connectivity index (χ1v) is 6.39. The average Bonchev–Trinajstić information content (AvgIpc) is 2.91. The number of carboxylic acid groups (broad SMARTS) is 1. The number of rotatable bonds is 3. The molecule has 0 aromatic rings. The minimum absolute atomic E-state index is 0.205. The van der Waals surface area contributed by atoms with Gasteiger partial charge in [-0.1, -0.05) is 12.2 Å². The van der Waals surface area contributed by atoms with Crippen LogP contribution in [0.2, 0.25) is 0 Å². The summed E-state index contributed by atoms with van der Waals surface area (Å²) in [6.07, 6.45) is 9.18. The van der Waals surface area contributed by atoms with Gasteiger partial charge in [-0.3, -0.25) is 9.69 Å². The summed E-state index contributed by atoms with van der Waals surface area (Å²) in [5.41, 5.74) is 0. The Morgan fingerprint density at radius 2 is 2.25 bits per heavy atom. The van der Waals surface area contributed by atoms with Gasteiger partial charge in [-0.25, -0.2) is 0 Å². The number of carbonyl (C=O) groups is 1. The van der Waals surface area contributed by atoms with Crippen LogP contribution >= 0.6 is 0 Å². The van der Waals surface area contributed by atoms with E-state index in [2.05, 4.69) is 17.1 Å². The minimum Gasteiger partial charge on any atom is -0.480 e. The highest BCUT2D eigenvalue weighted by atomic mass is 16.4. The molecule has 3 rings (SSSR count). The molecule has 0 amide bonds. The molecule has 2 aliphatic carbocycles. The van der Waals surface area contributed by atoms with E-state index in [1.807, 2.05) is 0 Å². The molecule has 3 aliphatic rings. The number of likely N-dealkylation sites (tertiary alicyclic amines) is 1. The molecular formula is C13H19NO2. The molecule has 0 spiro atoms. The topological polar surface area (TPSA) is 40.5 Å². The largest absolute Gasteiger partial charge is 0.480 e. The molecule has 2 fully saturated rings. The number of nitrogens with zero attached hydrogens (tertiary/aromatic N) is 1. The van der Waals surface area contributed by atoms with Crippen LogP contribution in [0.5, 0.6) is 0 Å². The van der Waals surface area contributed by atoms with Gasteiger partial charge < -0.3 is 5.11 Å². The van der Waals surface area contributed by atoms with Crippen molar-refractivity contribution in [2.45, 2.75) is 31.7 Å². The third-order valence-corrected chi connectivity index (χ3v) is 4.53. The molecule has 1 saturated heterocycles. The van der Waals surface area contributed by atoms with Crippen molar-refractivity contribution in [1.82, 2.24) is 4.90 Å². The van der Waals surface area contributed by atoms with Crippen molar-refractivity contribution in [2.24, 2.45) is 17.8 Å². The van der Waals surface area contributed by atoms with Gasteiger partial charge in [0.15, 0.2) is 0 Å². The standard InChI is InChI=1S/C13H19NO2/c15-13(16)12-2-1-5-14(12)8-11-7-9-3-4-10(11)6-9/h3-4,9-12H,1-2,5-8H2,(H,15,16)/t9?,10?,11?,12-/m1/s1. The number of hydrogen-bond acceptors (Lipinski definition) is 2. The van der Waals surface area contributed by atoms with E-state index in [1.54, 1.807) is 0 Å². The van der Waals surface area contributed by atoms with E-state index in [4.69, 9.17) is 5.11 Å². The molecule has 16 heavy (non-hydrogen) atoms. The normalized spacial score (nSPS) is 42.0. The minimum atomic E-state index is -0.629. The summed E-state index contributed by atoms with van der Waals surface area (Å²) >= 11 is 0. The SMILES string of the molecule is O=C(O)[C@H]1CCCN1CC1CC2C=CC1C2. The fraction of sp³-hybridized carbons (Fsp3) is 0.769. The van der Waals surface area contributed by atoms with E-state index in [1.165, 1.54) is 12.8 Å². The van der Waals surface area contributed by atoms with E-state index in [0.29, 0.717) is 0 Å². The average molecular weight is 221 g/mol. The van der Waals surface area contributed by atoms with Gasteiger partial charge in [0.1, 0.15) is 6.04 Å². The molecule has 1 heterocycles. The Morgan fingerprint density at radius 3 is 2.88 bits per heavy atom. The van der Waals surface area contributed by atoms with Crippen LogP contribution in [0.1, 0.15) is 25.7 Å². The second-order valence-electron chi connectivity index (χ2n) is 5.53. The van der Waals surface area contributed by atoms with Crippen LogP contribution < -0.4 is 0 Å². The summed E-state index contributed by atoms with van der Waals surface area (Å²) in [4.78, 5) is 13.3. The molecule has 4 atom stereocenters. The van der Waals surface area contributed by atoms with Crippen LogP contribution in [0.3, 0.4) is 0 Å². The molecule has 0 radical (unpaired) electrons. The maximum Gasteiger partial charge on any atom is 0.320 e. The van der Waals surface area contributed by atoms with E-state index in [9.17, 15) is 4.79 Å². The molecule has 88 valence electrons.